The Kier molecular flexibility index (Phi) is 7.96. The van der Waals surface area contributed by atoms with Gasteiger partial charge in [0, 0.05) is 33.7 Å². The molecule has 188 valence electrons. The van der Waals surface area contributed by atoms with Crippen molar-refractivity contribution < 1.29 is 23.2 Å². The second-order valence-corrected chi connectivity index (χ2v) is 10.8. The van der Waals surface area contributed by atoms with E-state index < -0.39 is 15.8 Å². The fourth-order valence-electron chi connectivity index (χ4n) is 3.37. The standard InChI is InChI=1S/C24H25N5O5S2/c1-4-33-24(30)29-36(31,5-2)17-8-6-7-16(11-17)14-34-21-13-19-18(12-20(21)32-3)22(27-15-26-19)28-23-25-9-10-35-23/h6-13,15H,4-5,14H2,1-3H3,(H,25,26,27,28). The molecule has 0 radical (unpaired) electrons. The molecule has 2 aromatic heterocycles. The van der Waals surface area contributed by atoms with Gasteiger partial charge >= 0.3 is 6.09 Å². The molecule has 0 aliphatic rings. The molecule has 1 atom stereocenters. The van der Waals surface area contributed by atoms with Gasteiger partial charge in [-0.15, -0.1) is 15.7 Å². The van der Waals surface area contributed by atoms with Crippen molar-refractivity contribution in [2.75, 3.05) is 24.8 Å². The van der Waals surface area contributed by atoms with Crippen LogP contribution in [0.4, 0.5) is 15.7 Å². The third-order valence-electron chi connectivity index (χ3n) is 5.12. The number of nitrogens with zero attached hydrogens (tertiary/aromatic N) is 4. The lowest BCUT2D eigenvalue weighted by Crippen LogP contribution is -2.10. The van der Waals surface area contributed by atoms with E-state index in [1.807, 2.05) is 11.4 Å². The summed E-state index contributed by atoms with van der Waals surface area (Å²) in [5.41, 5.74) is 1.42. The number of fused-ring (bicyclic) bond motifs is 1. The van der Waals surface area contributed by atoms with Crippen molar-refractivity contribution in [2.45, 2.75) is 25.3 Å². The van der Waals surface area contributed by atoms with E-state index in [9.17, 15) is 9.00 Å². The first-order valence-electron chi connectivity index (χ1n) is 11.1. The molecule has 4 aromatic rings. The summed E-state index contributed by atoms with van der Waals surface area (Å²) in [6.45, 7) is 3.72. The van der Waals surface area contributed by atoms with Crippen LogP contribution in [0.1, 0.15) is 19.4 Å². The Balaban J connectivity index is 1.59. The summed E-state index contributed by atoms with van der Waals surface area (Å²) in [5.74, 6) is 1.77. The monoisotopic (exact) mass is 527 g/mol. The summed E-state index contributed by atoms with van der Waals surface area (Å²) in [4.78, 5) is 25.2. The van der Waals surface area contributed by atoms with Crippen molar-refractivity contribution >= 4 is 49.0 Å². The van der Waals surface area contributed by atoms with Gasteiger partial charge in [-0.05, 0) is 30.7 Å². The van der Waals surface area contributed by atoms with E-state index in [2.05, 4.69) is 24.6 Å². The number of carbonyl (C=O) groups is 1. The summed E-state index contributed by atoms with van der Waals surface area (Å²) in [6.07, 6.45) is 2.34. The number of carbonyl (C=O) groups excluding carboxylic acids is 1. The van der Waals surface area contributed by atoms with Crippen LogP contribution in [0.25, 0.3) is 10.9 Å². The number of amides is 1. The van der Waals surface area contributed by atoms with E-state index in [-0.39, 0.29) is 19.0 Å². The van der Waals surface area contributed by atoms with Crippen LogP contribution >= 0.6 is 11.3 Å². The Bertz CT molecular complexity index is 1480. The third-order valence-corrected chi connectivity index (χ3v) is 8.03. The summed E-state index contributed by atoms with van der Waals surface area (Å²) < 4.78 is 33.6. The van der Waals surface area contributed by atoms with Crippen LogP contribution < -0.4 is 14.8 Å². The lowest BCUT2D eigenvalue weighted by Gasteiger charge is -2.14. The average Bonchev–Trinajstić information content (AvgIpc) is 3.40. The second kappa shape index (κ2) is 11.3. The minimum Gasteiger partial charge on any atom is -0.493 e. The average molecular weight is 528 g/mol. The van der Waals surface area contributed by atoms with Gasteiger partial charge in [0.05, 0.1) is 29.0 Å². The molecule has 1 N–H and O–H groups in total. The molecule has 0 bridgehead atoms. The normalized spacial score (nSPS) is 12.5. The Morgan fingerprint density at radius 1 is 1.14 bits per heavy atom. The van der Waals surface area contributed by atoms with Gasteiger partial charge in [0.15, 0.2) is 16.6 Å². The predicted octanol–water partition coefficient (Wildman–Crippen LogP) is 5.42. The Hall–Kier alpha value is -3.77. The molecule has 0 saturated carbocycles. The number of methoxy groups -OCH3 is 1. The topological polar surface area (TPSA) is 125 Å². The summed E-state index contributed by atoms with van der Waals surface area (Å²) >= 11 is 1.46. The van der Waals surface area contributed by atoms with Crippen LogP contribution in [0.5, 0.6) is 11.5 Å². The van der Waals surface area contributed by atoms with Crippen molar-refractivity contribution in [1.82, 2.24) is 15.0 Å². The number of hydrogen-bond acceptors (Lipinski definition) is 10. The minimum atomic E-state index is -2.96. The molecule has 10 nitrogen and oxygen atoms in total. The molecule has 1 amide bonds. The molecule has 12 heteroatoms. The second-order valence-electron chi connectivity index (χ2n) is 7.36. The number of rotatable bonds is 9. The van der Waals surface area contributed by atoms with Crippen molar-refractivity contribution in [3.05, 3.63) is 59.9 Å². The van der Waals surface area contributed by atoms with Crippen LogP contribution in [-0.2, 0) is 21.1 Å². The van der Waals surface area contributed by atoms with Crippen LogP contribution in [-0.4, -0.2) is 44.7 Å². The highest BCUT2D eigenvalue weighted by atomic mass is 32.2. The first-order chi connectivity index (χ1) is 17.5. The van der Waals surface area contributed by atoms with Crippen molar-refractivity contribution in [3.63, 3.8) is 0 Å². The van der Waals surface area contributed by atoms with E-state index >= 15 is 0 Å². The molecule has 0 saturated heterocycles. The van der Waals surface area contributed by atoms with E-state index in [1.54, 1.807) is 57.5 Å². The number of aromatic nitrogens is 3. The summed E-state index contributed by atoms with van der Waals surface area (Å²) in [6, 6.07) is 10.6. The molecule has 0 aliphatic heterocycles. The van der Waals surface area contributed by atoms with Gasteiger partial charge in [-0.25, -0.2) is 24.0 Å². The van der Waals surface area contributed by atoms with Crippen molar-refractivity contribution in [3.8, 4) is 11.5 Å². The Morgan fingerprint density at radius 3 is 2.72 bits per heavy atom. The van der Waals surface area contributed by atoms with Gasteiger partial charge in [0.25, 0.3) is 0 Å². The first-order valence-corrected chi connectivity index (χ1v) is 13.6. The fraction of sp³-hybridized carbons (Fsp3) is 0.250. The SMILES string of the molecule is CCOC(=O)N=S(=O)(CC)c1cccc(COc2cc3ncnc(Nc4nccs4)c3cc2OC)c1. The maximum Gasteiger partial charge on any atom is 0.442 e. The van der Waals surface area contributed by atoms with E-state index in [4.69, 9.17) is 14.2 Å². The Labute approximate surface area is 212 Å². The molecule has 0 aliphatic carbocycles. The number of anilines is 2. The number of hydrogen-bond donors (Lipinski definition) is 1. The predicted molar refractivity (Wildman–Crippen MR) is 139 cm³/mol. The van der Waals surface area contributed by atoms with Gasteiger partial charge in [-0.3, -0.25) is 0 Å². The van der Waals surface area contributed by atoms with Crippen molar-refractivity contribution in [2.24, 2.45) is 4.36 Å². The minimum absolute atomic E-state index is 0.163. The largest absolute Gasteiger partial charge is 0.493 e. The van der Waals surface area contributed by atoms with Gasteiger partial charge in [0.2, 0.25) is 0 Å². The molecular formula is C24H25N5O5S2. The van der Waals surface area contributed by atoms with Crippen LogP contribution in [0.15, 0.2) is 63.6 Å². The molecule has 0 spiro atoms. The third kappa shape index (κ3) is 5.71. The molecular weight excluding hydrogens is 502 g/mol. The molecule has 2 aromatic carbocycles. The lowest BCUT2D eigenvalue weighted by molar-refractivity contribution is 0.164. The zero-order chi connectivity index (χ0) is 25.5. The zero-order valence-electron chi connectivity index (χ0n) is 20.0. The van der Waals surface area contributed by atoms with Gasteiger partial charge in [-0.1, -0.05) is 19.1 Å². The number of nitrogens with one attached hydrogen (secondary N) is 1. The number of benzene rings is 2. The summed E-state index contributed by atoms with van der Waals surface area (Å²) in [5, 5.41) is 6.53. The maximum absolute atomic E-state index is 13.3. The number of ether oxygens (including phenoxy) is 3. The molecule has 4 rings (SSSR count). The highest BCUT2D eigenvalue weighted by molar-refractivity contribution is 7.93. The molecule has 0 fully saturated rings. The molecule has 36 heavy (non-hydrogen) atoms. The van der Waals surface area contributed by atoms with Gasteiger partial charge in [0.1, 0.15) is 18.8 Å². The lowest BCUT2D eigenvalue weighted by atomic mass is 10.2. The van der Waals surface area contributed by atoms with Gasteiger partial charge in [-0.2, -0.15) is 0 Å². The van der Waals surface area contributed by atoms with Crippen LogP contribution in [0, 0.1) is 0 Å². The molecule has 2 heterocycles. The van der Waals surface area contributed by atoms with Crippen molar-refractivity contribution in [1.29, 1.82) is 0 Å². The van der Waals surface area contributed by atoms with E-state index in [0.29, 0.717) is 32.9 Å². The highest BCUT2D eigenvalue weighted by Crippen LogP contribution is 2.35. The highest BCUT2D eigenvalue weighted by Gasteiger charge is 2.16. The number of thiazole rings is 1. The summed E-state index contributed by atoms with van der Waals surface area (Å²) in [7, 11) is -1.40. The fourth-order valence-corrected chi connectivity index (χ4v) is 5.39. The Morgan fingerprint density at radius 2 is 2.00 bits per heavy atom. The molecule has 1 unspecified atom stereocenters. The van der Waals surface area contributed by atoms with Crippen LogP contribution in [0.2, 0.25) is 0 Å². The van der Waals surface area contributed by atoms with Crippen LogP contribution in [0.3, 0.4) is 0 Å². The smallest absolute Gasteiger partial charge is 0.442 e. The zero-order valence-corrected chi connectivity index (χ0v) is 21.6. The first kappa shape index (κ1) is 25.3. The van der Waals surface area contributed by atoms with Gasteiger partial charge < -0.3 is 19.5 Å². The van der Waals surface area contributed by atoms with E-state index in [0.717, 1.165) is 10.9 Å². The maximum atomic E-state index is 13.3. The van der Waals surface area contributed by atoms with E-state index in [1.165, 1.54) is 17.7 Å². The quantitative estimate of drug-likeness (QED) is 0.304.